The van der Waals surface area contributed by atoms with Crippen molar-refractivity contribution in [2.75, 3.05) is 37.8 Å². The summed E-state index contributed by atoms with van der Waals surface area (Å²) >= 11 is 0. The molecular weight excluding hydrogens is 305 g/mol. The van der Waals surface area contributed by atoms with Gasteiger partial charge in [-0.05, 0) is 27.2 Å². The molecule has 2 heterocycles. The van der Waals surface area contributed by atoms with E-state index in [9.17, 15) is 4.79 Å². The van der Waals surface area contributed by atoms with E-state index < -0.39 is 8.38 Å². The summed E-state index contributed by atoms with van der Waals surface area (Å²) in [6.07, 6.45) is 3.50. The highest BCUT2D eigenvalue weighted by Gasteiger charge is 2.27. The van der Waals surface area contributed by atoms with E-state index >= 15 is 0 Å². The molecule has 1 aromatic heterocycles. The number of fused-ring (bicyclic) bond motifs is 1. The molecule has 2 rings (SSSR count). The average Bonchev–Trinajstić information content (AvgIpc) is 2.93. The van der Waals surface area contributed by atoms with Gasteiger partial charge in [0.15, 0.2) is 14.1 Å². The summed E-state index contributed by atoms with van der Waals surface area (Å²) in [5.41, 5.74) is 0.341. The van der Waals surface area contributed by atoms with Crippen molar-refractivity contribution in [2.45, 2.75) is 33.2 Å². The number of ether oxygens (including phenoxy) is 1. The van der Waals surface area contributed by atoms with Crippen LogP contribution in [0.5, 0.6) is 0 Å². The quantitative estimate of drug-likeness (QED) is 0.584. The smallest absolute Gasteiger partial charge is 0.358 e. The second kappa shape index (κ2) is 8.46. The molecule has 7 nitrogen and oxygen atoms in total. The Morgan fingerprint density at radius 2 is 2.09 bits per heavy atom. The van der Waals surface area contributed by atoms with Gasteiger partial charge in [-0.2, -0.15) is 0 Å². The first-order valence-corrected chi connectivity index (χ1v) is 9.09. The summed E-state index contributed by atoms with van der Waals surface area (Å²) in [5, 5.41) is 3.22. The van der Waals surface area contributed by atoms with Crippen molar-refractivity contribution in [2.24, 2.45) is 0 Å². The predicted octanol–water partition coefficient (Wildman–Crippen LogP) is 2.80. The number of carbonyl (C=O) groups is 1. The third-order valence-electron chi connectivity index (χ3n) is 3.28. The summed E-state index contributed by atoms with van der Waals surface area (Å²) in [6.45, 7) is 8.18. The van der Waals surface area contributed by atoms with Gasteiger partial charge in [-0.3, -0.25) is 0 Å². The van der Waals surface area contributed by atoms with E-state index in [1.54, 1.807) is 13.1 Å². The van der Waals surface area contributed by atoms with Gasteiger partial charge in [0.25, 0.3) is 0 Å². The molecule has 0 saturated carbocycles. The van der Waals surface area contributed by atoms with Crippen molar-refractivity contribution in [1.82, 2.24) is 9.55 Å². The second-order valence-electron chi connectivity index (χ2n) is 4.80. The predicted molar refractivity (Wildman–Crippen MR) is 85.4 cm³/mol. The molecule has 8 heteroatoms. The minimum absolute atomic E-state index is 0.219. The second-order valence-corrected chi connectivity index (χ2v) is 6.34. The molecule has 0 amide bonds. The fourth-order valence-electron chi connectivity index (χ4n) is 2.38. The third kappa shape index (κ3) is 4.18. The minimum atomic E-state index is -0.914. The summed E-state index contributed by atoms with van der Waals surface area (Å²) in [6, 6.07) is 0.219. The lowest BCUT2D eigenvalue weighted by Gasteiger charge is -2.28. The van der Waals surface area contributed by atoms with Crippen LogP contribution in [0.4, 0.5) is 5.95 Å². The molecule has 124 valence electrons. The largest absolute Gasteiger partial charge is 0.461 e. The highest BCUT2D eigenvalue weighted by atomic mass is 31.2. The van der Waals surface area contributed by atoms with Crippen molar-refractivity contribution in [3.8, 4) is 0 Å². The molecular formula is C14H24N3O4P. The standard InChI is InChI=1S/C14H24N3O4P/c1-4-19-13(18)12-9-17-11(7-8-15-14(17)16-12)10-22(20-5-2)21-6-3/h9,11H,4-8,10H2,1-3H3,(H,15,16). The van der Waals surface area contributed by atoms with Crippen LogP contribution in [0.1, 0.15) is 43.7 Å². The maximum absolute atomic E-state index is 11.8. The highest BCUT2D eigenvalue weighted by molar-refractivity contribution is 7.47. The lowest BCUT2D eigenvalue weighted by molar-refractivity contribution is 0.0520. The number of nitrogens with zero attached hydrogens (tertiary/aromatic N) is 2. The maximum Gasteiger partial charge on any atom is 0.358 e. The van der Waals surface area contributed by atoms with Crippen LogP contribution in [0.2, 0.25) is 0 Å². The van der Waals surface area contributed by atoms with Crippen LogP contribution in [-0.2, 0) is 13.8 Å². The fraction of sp³-hybridized carbons (Fsp3) is 0.714. The molecule has 22 heavy (non-hydrogen) atoms. The van der Waals surface area contributed by atoms with Crippen LogP contribution in [0, 0.1) is 0 Å². The zero-order valence-electron chi connectivity index (χ0n) is 13.4. The van der Waals surface area contributed by atoms with Gasteiger partial charge in [-0.1, -0.05) is 0 Å². The topological polar surface area (TPSA) is 74.6 Å². The highest BCUT2D eigenvalue weighted by Crippen LogP contribution is 2.43. The number of esters is 1. The molecule has 0 fully saturated rings. The van der Waals surface area contributed by atoms with Crippen molar-refractivity contribution in [1.29, 1.82) is 0 Å². The Balaban J connectivity index is 2.11. The molecule has 1 aromatic rings. The van der Waals surface area contributed by atoms with Gasteiger partial charge < -0.3 is 23.7 Å². The Morgan fingerprint density at radius 3 is 2.73 bits per heavy atom. The van der Waals surface area contributed by atoms with E-state index in [-0.39, 0.29) is 12.0 Å². The molecule has 0 radical (unpaired) electrons. The molecule has 0 aliphatic carbocycles. The first kappa shape index (κ1) is 17.2. The van der Waals surface area contributed by atoms with Crippen molar-refractivity contribution in [3.05, 3.63) is 11.9 Å². The zero-order chi connectivity index (χ0) is 15.9. The number of carbonyl (C=O) groups excluding carboxylic acids is 1. The monoisotopic (exact) mass is 329 g/mol. The first-order chi connectivity index (χ1) is 10.7. The van der Waals surface area contributed by atoms with E-state index in [1.165, 1.54) is 0 Å². The molecule has 0 bridgehead atoms. The van der Waals surface area contributed by atoms with Crippen LogP contribution in [0.3, 0.4) is 0 Å². The Labute approximate surface area is 132 Å². The number of hydrogen-bond acceptors (Lipinski definition) is 6. The summed E-state index contributed by atoms with van der Waals surface area (Å²) in [4.78, 5) is 16.1. The van der Waals surface area contributed by atoms with Crippen LogP contribution in [0.25, 0.3) is 0 Å². The molecule has 1 atom stereocenters. The third-order valence-corrected chi connectivity index (χ3v) is 5.09. The SMILES string of the molecule is CCOC(=O)c1cn2c(n1)NCCC2CP(OCC)OCC. The van der Waals surface area contributed by atoms with Gasteiger partial charge in [0, 0.05) is 24.9 Å². The fourth-order valence-corrected chi connectivity index (χ4v) is 3.94. The van der Waals surface area contributed by atoms with Gasteiger partial charge in [-0.15, -0.1) is 0 Å². The van der Waals surface area contributed by atoms with Crippen LogP contribution >= 0.6 is 8.38 Å². The molecule has 1 aliphatic rings. The molecule has 0 saturated heterocycles. The number of rotatable bonds is 8. The van der Waals surface area contributed by atoms with Crippen molar-refractivity contribution in [3.63, 3.8) is 0 Å². The summed E-state index contributed by atoms with van der Waals surface area (Å²) in [7, 11) is -0.914. The molecule has 0 aromatic carbocycles. The van der Waals surface area contributed by atoms with Gasteiger partial charge in [-0.25, -0.2) is 9.78 Å². The Morgan fingerprint density at radius 1 is 1.36 bits per heavy atom. The van der Waals surface area contributed by atoms with Crippen LogP contribution in [-0.4, -0.2) is 48.0 Å². The van der Waals surface area contributed by atoms with Gasteiger partial charge in [0.2, 0.25) is 5.95 Å². The van der Waals surface area contributed by atoms with E-state index in [0.29, 0.717) is 31.5 Å². The lowest BCUT2D eigenvalue weighted by atomic mass is 10.2. The normalized spacial score (nSPS) is 17.2. The zero-order valence-corrected chi connectivity index (χ0v) is 14.3. The van der Waals surface area contributed by atoms with E-state index in [0.717, 1.165) is 19.1 Å². The number of nitrogens with one attached hydrogen (secondary N) is 1. The number of imidazole rings is 1. The Hall–Kier alpha value is -1.17. The van der Waals surface area contributed by atoms with Crippen LogP contribution < -0.4 is 5.32 Å². The van der Waals surface area contributed by atoms with Crippen molar-refractivity contribution < 1.29 is 18.6 Å². The van der Waals surface area contributed by atoms with E-state index in [1.807, 2.05) is 18.4 Å². The number of anilines is 1. The average molecular weight is 329 g/mol. The number of aromatic nitrogens is 2. The van der Waals surface area contributed by atoms with Crippen LogP contribution in [0.15, 0.2) is 6.20 Å². The molecule has 0 spiro atoms. The Kier molecular flexibility index (Phi) is 6.61. The van der Waals surface area contributed by atoms with Crippen molar-refractivity contribution >= 4 is 20.3 Å². The van der Waals surface area contributed by atoms with Gasteiger partial charge in [0.05, 0.1) is 19.8 Å². The molecule has 1 aliphatic heterocycles. The molecule has 1 N–H and O–H groups in total. The maximum atomic E-state index is 11.8. The molecule has 1 unspecified atom stereocenters. The van der Waals surface area contributed by atoms with Gasteiger partial charge >= 0.3 is 5.97 Å². The lowest BCUT2D eigenvalue weighted by Crippen LogP contribution is -2.24. The summed E-state index contributed by atoms with van der Waals surface area (Å²) in [5.74, 6) is 0.323. The van der Waals surface area contributed by atoms with Gasteiger partial charge in [0.1, 0.15) is 0 Å². The summed E-state index contributed by atoms with van der Waals surface area (Å²) < 4.78 is 18.4. The minimum Gasteiger partial charge on any atom is -0.461 e. The number of hydrogen-bond donors (Lipinski definition) is 1. The van der Waals surface area contributed by atoms with E-state index in [2.05, 4.69) is 10.3 Å². The van der Waals surface area contributed by atoms with E-state index in [4.69, 9.17) is 13.8 Å². The first-order valence-electron chi connectivity index (χ1n) is 7.72. The Bertz CT molecular complexity index is 488.